The standard InChI is InChI=1S/C25H26ClN5OS.C2H6/c26-17-12-21-23-20(16-3-1-4-19(11-16)33-18-5-6-18)7-8-22(24(23)30-25(21)29-13-17)32-10-2-9-31(14-27)15-28;1-2/h1,3-4,7-8,11-14,18,27H,2,5-6,9-10,15,28H2,(H,29,30);1-2H3. The van der Waals surface area contributed by atoms with Crippen molar-refractivity contribution < 1.29 is 4.74 Å². The third-order valence-electron chi connectivity index (χ3n) is 5.77. The highest BCUT2D eigenvalue weighted by Crippen LogP contribution is 2.43. The summed E-state index contributed by atoms with van der Waals surface area (Å²) in [6.07, 6.45) is 6.29. The zero-order valence-electron chi connectivity index (χ0n) is 20.2. The normalized spacial score (nSPS) is 12.9. The van der Waals surface area contributed by atoms with E-state index in [4.69, 9.17) is 27.5 Å². The molecule has 0 atom stereocenters. The van der Waals surface area contributed by atoms with E-state index in [0.717, 1.165) is 44.9 Å². The number of H-pyrrole nitrogens is 1. The average Bonchev–Trinajstić information content (AvgIpc) is 3.63. The zero-order chi connectivity index (χ0) is 24.8. The molecular weight excluding hydrogens is 478 g/mol. The van der Waals surface area contributed by atoms with E-state index in [1.54, 1.807) is 11.1 Å². The number of benzene rings is 2. The van der Waals surface area contributed by atoms with Gasteiger partial charge in [0.15, 0.2) is 0 Å². The van der Waals surface area contributed by atoms with E-state index in [2.05, 4.69) is 40.3 Å². The number of nitrogens with zero attached hydrogens (tertiary/aromatic N) is 2. The van der Waals surface area contributed by atoms with Gasteiger partial charge >= 0.3 is 0 Å². The van der Waals surface area contributed by atoms with Gasteiger partial charge in [-0.05, 0) is 60.7 Å². The van der Waals surface area contributed by atoms with Crippen LogP contribution >= 0.6 is 23.4 Å². The summed E-state index contributed by atoms with van der Waals surface area (Å²) in [6, 6.07) is 14.8. The van der Waals surface area contributed by atoms with Gasteiger partial charge in [0.25, 0.3) is 0 Å². The molecule has 2 aromatic carbocycles. The SMILES string of the molecule is CC.N=CN(CN)CCCOc1ccc(-c2cccc(SC3CC3)c2)c2c1[nH]c1ncc(Cl)cc12. The largest absolute Gasteiger partial charge is 0.491 e. The van der Waals surface area contributed by atoms with Crippen molar-refractivity contribution in [3.63, 3.8) is 0 Å². The third kappa shape index (κ3) is 5.92. The molecule has 35 heavy (non-hydrogen) atoms. The smallest absolute Gasteiger partial charge is 0.143 e. The zero-order valence-corrected chi connectivity index (χ0v) is 21.8. The number of ether oxygens (including phenoxy) is 1. The van der Waals surface area contributed by atoms with Crippen molar-refractivity contribution in [2.24, 2.45) is 5.73 Å². The number of halogens is 1. The number of rotatable bonds is 10. The van der Waals surface area contributed by atoms with E-state index < -0.39 is 0 Å². The Morgan fingerprint density at radius 3 is 2.83 bits per heavy atom. The first-order valence-corrected chi connectivity index (χ1v) is 13.4. The Bertz CT molecular complexity index is 1300. The lowest BCUT2D eigenvalue weighted by Crippen LogP contribution is -2.30. The molecule has 1 fully saturated rings. The fourth-order valence-electron chi connectivity index (χ4n) is 3.97. The van der Waals surface area contributed by atoms with Crippen LogP contribution in [0.2, 0.25) is 5.02 Å². The predicted molar refractivity (Wildman–Crippen MR) is 149 cm³/mol. The summed E-state index contributed by atoms with van der Waals surface area (Å²) in [7, 11) is 0. The van der Waals surface area contributed by atoms with E-state index >= 15 is 0 Å². The first-order chi connectivity index (χ1) is 17.2. The second kappa shape index (κ2) is 11.8. The Balaban J connectivity index is 0.00000141. The van der Waals surface area contributed by atoms with Gasteiger partial charge in [-0.3, -0.25) is 5.41 Å². The molecule has 8 heteroatoms. The van der Waals surface area contributed by atoms with Crippen molar-refractivity contribution in [2.45, 2.75) is 43.3 Å². The Labute approximate surface area is 215 Å². The minimum absolute atomic E-state index is 0.328. The minimum atomic E-state index is 0.328. The van der Waals surface area contributed by atoms with E-state index in [1.165, 1.54) is 29.6 Å². The topological polar surface area (TPSA) is 91.0 Å². The maximum Gasteiger partial charge on any atom is 0.143 e. The molecule has 0 bridgehead atoms. The lowest BCUT2D eigenvalue weighted by Gasteiger charge is -2.16. The van der Waals surface area contributed by atoms with Crippen LogP contribution in [0.25, 0.3) is 33.1 Å². The Morgan fingerprint density at radius 1 is 1.26 bits per heavy atom. The van der Waals surface area contributed by atoms with Gasteiger partial charge in [-0.1, -0.05) is 37.6 Å². The summed E-state index contributed by atoms with van der Waals surface area (Å²) in [5.41, 5.74) is 9.63. The van der Waals surface area contributed by atoms with Gasteiger partial charge in [-0.2, -0.15) is 0 Å². The van der Waals surface area contributed by atoms with E-state index in [1.807, 2.05) is 37.7 Å². The summed E-state index contributed by atoms with van der Waals surface area (Å²) in [6.45, 7) is 5.53. The predicted octanol–water partition coefficient (Wildman–Crippen LogP) is 6.91. The second-order valence-corrected chi connectivity index (χ2v) is 10.0. The first kappa shape index (κ1) is 25.4. The molecule has 0 spiro atoms. The second-order valence-electron chi connectivity index (χ2n) is 8.21. The maximum absolute atomic E-state index is 7.36. The van der Waals surface area contributed by atoms with Crippen molar-refractivity contribution in [3.8, 4) is 16.9 Å². The molecule has 5 rings (SSSR count). The van der Waals surface area contributed by atoms with E-state index in [0.29, 0.717) is 24.8 Å². The minimum Gasteiger partial charge on any atom is -0.491 e. The number of hydrogen-bond donors (Lipinski definition) is 3. The molecule has 6 nitrogen and oxygen atoms in total. The summed E-state index contributed by atoms with van der Waals surface area (Å²) in [5.74, 6) is 0.778. The molecule has 1 aliphatic carbocycles. The van der Waals surface area contributed by atoms with Crippen LogP contribution in [0, 0.1) is 5.41 Å². The van der Waals surface area contributed by atoms with Gasteiger partial charge < -0.3 is 20.4 Å². The lowest BCUT2D eigenvalue weighted by molar-refractivity contribution is 0.291. The number of aromatic nitrogens is 2. The van der Waals surface area contributed by atoms with E-state index in [-0.39, 0.29) is 0 Å². The number of pyridine rings is 1. The summed E-state index contributed by atoms with van der Waals surface area (Å²) >= 11 is 8.28. The summed E-state index contributed by atoms with van der Waals surface area (Å²) in [5, 5.41) is 10.8. The van der Waals surface area contributed by atoms with Crippen molar-refractivity contribution in [3.05, 3.63) is 53.7 Å². The highest BCUT2D eigenvalue weighted by Gasteiger charge is 2.23. The van der Waals surface area contributed by atoms with Crippen molar-refractivity contribution in [2.75, 3.05) is 19.8 Å². The molecule has 2 heterocycles. The molecule has 0 amide bonds. The number of nitrogens with two attached hydrogens (primary N) is 1. The highest BCUT2D eigenvalue weighted by atomic mass is 35.5. The molecule has 0 saturated heterocycles. The third-order valence-corrected chi connectivity index (χ3v) is 7.31. The molecular formula is C27H32ClN5OS. The first-order valence-electron chi connectivity index (χ1n) is 12.1. The van der Waals surface area contributed by atoms with Gasteiger partial charge in [-0.25, -0.2) is 4.98 Å². The molecule has 2 aromatic heterocycles. The molecule has 4 aromatic rings. The van der Waals surface area contributed by atoms with Crippen LogP contribution in [-0.4, -0.2) is 46.3 Å². The molecule has 0 unspecified atom stereocenters. The molecule has 4 N–H and O–H groups in total. The number of nitrogens with one attached hydrogen (secondary N) is 2. The Kier molecular flexibility index (Phi) is 8.55. The van der Waals surface area contributed by atoms with Gasteiger partial charge in [0, 0.05) is 33.7 Å². The van der Waals surface area contributed by atoms with Crippen LogP contribution in [0.4, 0.5) is 0 Å². The lowest BCUT2D eigenvalue weighted by atomic mass is 9.99. The highest BCUT2D eigenvalue weighted by molar-refractivity contribution is 8.00. The maximum atomic E-state index is 7.36. The van der Waals surface area contributed by atoms with Gasteiger partial charge in [0.2, 0.25) is 0 Å². The fourth-order valence-corrected chi connectivity index (χ4v) is 5.24. The molecule has 0 radical (unpaired) electrons. The van der Waals surface area contributed by atoms with Gasteiger partial charge in [-0.15, -0.1) is 11.8 Å². The molecule has 1 saturated carbocycles. The summed E-state index contributed by atoms with van der Waals surface area (Å²) in [4.78, 5) is 11.0. The van der Waals surface area contributed by atoms with Crippen LogP contribution < -0.4 is 10.5 Å². The van der Waals surface area contributed by atoms with Gasteiger partial charge in [0.1, 0.15) is 11.4 Å². The van der Waals surface area contributed by atoms with Crippen LogP contribution in [0.5, 0.6) is 5.75 Å². The number of aromatic amines is 1. The van der Waals surface area contributed by atoms with Crippen LogP contribution in [0.1, 0.15) is 33.1 Å². The number of hydrogen-bond acceptors (Lipinski definition) is 5. The van der Waals surface area contributed by atoms with Gasteiger partial charge in [0.05, 0.1) is 30.2 Å². The molecule has 0 aliphatic heterocycles. The van der Waals surface area contributed by atoms with Crippen molar-refractivity contribution in [1.82, 2.24) is 14.9 Å². The quantitative estimate of drug-likeness (QED) is 0.0934. The Hall–Kier alpha value is -2.74. The van der Waals surface area contributed by atoms with Crippen LogP contribution in [-0.2, 0) is 0 Å². The van der Waals surface area contributed by atoms with Crippen LogP contribution in [0.3, 0.4) is 0 Å². The van der Waals surface area contributed by atoms with Crippen molar-refractivity contribution in [1.29, 1.82) is 5.41 Å². The average molecular weight is 510 g/mol. The molecule has 1 aliphatic rings. The summed E-state index contributed by atoms with van der Waals surface area (Å²) < 4.78 is 6.16. The van der Waals surface area contributed by atoms with E-state index in [9.17, 15) is 0 Å². The molecule has 184 valence electrons. The number of fused-ring (bicyclic) bond motifs is 3. The Morgan fingerprint density at radius 2 is 2.09 bits per heavy atom. The fraction of sp³-hybridized carbons (Fsp3) is 0.333. The number of thioether (sulfide) groups is 1. The monoisotopic (exact) mass is 509 g/mol. The van der Waals surface area contributed by atoms with Crippen LogP contribution in [0.15, 0.2) is 53.6 Å². The van der Waals surface area contributed by atoms with Crippen molar-refractivity contribution >= 4 is 51.6 Å².